The van der Waals surface area contributed by atoms with Gasteiger partial charge in [-0.05, 0) is 48.0 Å². The molecule has 2 heterocycles. The van der Waals surface area contributed by atoms with E-state index in [1.54, 1.807) is 6.20 Å². The number of nitrogens with one attached hydrogen (secondary N) is 1. The van der Waals surface area contributed by atoms with E-state index in [4.69, 9.17) is 11.6 Å². The molecule has 1 aliphatic rings. The summed E-state index contributed by atoms with van der Waals surface area (Å²) in [6, 6.07) is 2.41. The largest absolute Gasteiger partial charge is 0.310 e. The molecule has 0 aliphatic carbocycles. The lowest BCUT2D eigenvalue weighted by Crippen LogP contribution is -2.27. The topological polar surface area (TPSA) is 24.9 Å². The number of nitrogens with zero attached hydrogens (tertiary/aromatic N) is 1. The van der Waals surface area contributed by atoms with Crippen molar-refractivity contribution in [3.63, 3.8) is 0 Å². The second-order valence-corrected chi connectivity index (χ2v) is 5.02. The highest BCUT2D eigenvalue weighted by Gasteiger charge is 2.20. The molecule has 0 aromatic carbocycles. The molecule has 1 saturated heterocycles. The van der Waals surface area contributed by atoms with Crippen molar-refractivity contribution in [1.82, 2.24) is 10.3 Å². The normalized spacial score (nSPS) is 22.3. The van der Waals surface area contributed by atoms with Crippen LogP contribution in [0.3, 0.4) is 0 Å². The molecule has 0 amide bonds. The average Bonchev–Trinajstić information content (AvgIpc) is 2.19. The molecule has 0 unspecified atom stereocenters. The third-order valence-electron chi connectivity index (χ3n) is 2.55. The summed E-state index contributed by atoms with van der Waals surface area (Å²) in [5, 5.41) is 4.14. The lowest BCUT2D eigenvalue weighted by molar-refractivity contribution is 0.410. The molecule has 1 fully saturated rings. The first kappa shape index (κ1) is 10.6. The van der Waals surface area contributed by atoms with Crippen LogP contribution in [0, 0.1) is 3.57 Å². The predicted octanol–water partition coefficient (Wildman–Crippen LogP) is 3.15. The average molecular weight is 323 g/mol. The Labute approximate surface area is 103 Å². The smallest absolute Gasteiger partial charge is 0.134 e. The first-order valence-corrected chi connectivity index (χ1v) is 6.28. The van der Waals surface area contributed by atoms with Crippen molar-refractivity contribution in [3.8, 4) is 0 Å². The van der Waals surface area contributed by atoms with Crippen LogP contribution in [0.1, 0.15) is 30.9 Å². The number of hydrogen-bond donors (Lipinski definition) is 1. The van der Waals surface area contributed by atoms with Gasteiger partial charge < -0.3 is 5.32 Å². The first-order valence-electron chi connectivity index (χ1n) is 4.82. The van der Waals surface area contributed by atoms with Crippen LogP contribution < -0.4 is 5.32 Å². The molecule has 4 heteroatoms. The predicted molar refractivity (Wildman–Crippen MR) is 66.6 cm³/mol. The van der Waals surface area contributed by atoms with Crippen molar-refractivity contribution in [2.75, 3.05) is 6.54 Å². The molecule has 0 saturated carbocycles. The Morgan fingerprint density at radius 3 is 3.00 bits per heavy atom. The van der Waals surface area contributed by atoms with Crippen LogP contribution in [0.2, 0.25) is 5.15 Å². The standard InChI is InChI=1S/C10H12ClIN2/c11-10-9(7(12)4-6-14-10)8-3-1-2-5-13-8/h4,6,8,13H,1-3,5H2/t8-/m1/s1. The minimum Gasteiger partial charge on any atom is -0.310 e. The first-order chi connectivity index (χ1) is 6.79. The molecule has 1 aromatic rings. The van der Waals surface area contributed by atoms with E-state index in [-0.39, 0.29) is 0 Å². The molecule has 1 N–H and O–H groups in total. The van der Waals surface area contributed by atoms with Gasteiger partial charge in [-0.3, -0.25) is 0 Å². The molecule has 76 valence electrons. The maximum absolute atomic E-state index is 6.11. The SMILES string of the molecule is Clc1nccc(I)c1[C@H]1CCCCN1. The van der Waals surface area contributed by atoms with Gasteiger partial charge in [0.25, 0.3) is 0 Å². The molecule has 0 bridgehead atoms. The second-order valence-electron chi connectivity index (χ2n) is 3.50. The minimum absolute atomic E-state index is 0.400. The summed E-state index contributed by atoms with van der Waals surface area (Å²) in [5.74, 6) is 0. The summed E-state index contributed by atoms with van der Waals surface area (Å²) in [6.07, 6.45) is 5.47. The maximum Gasteiger partial charge on any atom is 0.134 e. The third kappa shape index (κ3) is 2.20. The van der Waals surface area contributed by atoms with Crippen molar-refractivity contribution in [3.05, 3.63) is 26.5 Å². The molecule has 1 aromatic heterocycles. The Balaban J connectivity index is 2.29. The number of aromatic nitrogens is 1. The maximum atomic E-state index is 6.11. The van der Waals surface area contributed by atoms with Crippen molar-refractivity contribution in [2.45, 2.75) is 25.3 Å². The number of hydrogen-bond acceptors (Lipinski definition) is 2. The minimum atomic E-state index is 0.400. The summed E-state index contributed by atoms with van der Waals surface area (Å²) >= 11 is 8.43. The van der Waals surface area contributed by atoms with E-state index in [9.17, 15) is 0 Å². The van der Waals surface area contributed by atoms with E-state index < -0.39 is 0 Å². The lowest BCUT2D eigenvalue weighted by Gasteiger charge is -2.25. The highest BCUT2D eigenvalue weighted by molar-refractivity contribution is 14.1. The van der Waals surface area contributed by atoms with Gasteiger partial charge in [-0.2, -0.15) is 0 Å². The second kappa shape index (κ2) is 4.77. The lowest BCUT2D eigenvalue weighted by atomic mass is 9.99. The van der Waals surface area contributed by atoms with Crippen molar-refractivity contribution >= 4 is 34.2 Å². The number of halogens is 2. The van der Waals surface area contributed by atoms with Gasteiger partial charge in [0.05, 0.1) is 0 Å². The van der Waals surface area contributed by atoms with Gasteiger partial charge in [0, 0.05) is 21.4 Å². The van der Waals surface area contributed by atoms with Crippen LogP contribution in [0.4, 0.5) is 0 Å². The van der Waals surface area contributed by atoms with Crippen molar-refractivity contribution in [2.24, 2.45) is 0 Å². The van der Waals surface area contributed by atoms with Gasteiger partial charge in [-0.15, -0.1) is 0 Å². The molecule has 2 nitrogen and oxygen atoms in total. The third-order valence-corrected chi connectivity index (χ3v) is 3.79. The zero-order chi connectivity index (χ0) is 9.97. The molecule has 2 rings (SSSR count). The van der Waals surface area contributed by atoms with Crippen LogP contribution in [0.25, 0.3) is 0 Å². The van der Waals surface area contributed by atoms with Gasteiger partial charge in [0.15, 0.2) is 0 Å². The van der Waals surface area contributed by atoms with Crippen LogP contribution in [-0.2, 0) is 0 Å². The Morgan fingerprint density at radius 2 is 2.36 bits per heavy atom. The van der Waals surface area contributed by atoms with E-state index in [0.717, 1.165) is 6.54 Å². The Kier molecular flexibility index (Phi) is 3.62. The van der Waals surface area contributed by atoms with E-state index >= 15 is 0 Å². The van der Waals surface area contributed by atoms with Gasteiger partial charge in [-0.25, -0.2) is 4.98 Å². The summed E-state index contributed by atoms with van der Waals surface area (Å²) in [6.45, 7) is 1.09. The van der Waals surface area contributed by atoms with Gasteiger partial charge in [0.1, 0.15) is 5.15 Å². The van der Waals surface area contributed by atoms with Crippen LogP contribution in [0.5, 0.6) is 0 Å². The van der Waals surface area contributed by atoms with Crippen LogP contribution in [0.15, 0.2) is 12.3 Å². The highest BCUT2D eigenvalue weighted by atomic mass is 127. The summed E-state index contributed by atoms with van der Waals surface area (Å²) in [7, 11) is 0. The number of piperidine rings is 1. The molecular weight excluding hydrogens is 310 g/mol. The monoisotopic (exact) mass is 322 g/mol. The van der Waals surface area contributed by atoms with E-state index in [1.165, 1.54) is 28.4 Å². The zero-order valence-corrected chi connectivity index (χ0v) is 10.7. The van der Waals surface area contributed by atoms with Gasteiger partial charge in [0.2, 0.25) is 0 Å². The number of rotatable bonds is 1. The van der Waals surface area contributed by atoms with Crippen LogP contribution in [-0.4, -0.2) is 11.5 Å². The number of pyridine rings is 1. The van der Waals surface area contributed by atoms with Gasteiger partial charge in [-0.1, -0.05) is 18.0 Å². The Hall–Kier alpha value is 0.130. The summed E-state index contributed by atoms with van der Waals surface area (Å²) in [5.41, 5.74) is 1.18. The molecule has 14 heavy (non-hydrogen) atoms. The fraction of sp³-hybridized carbons (Fsp3) is 0.500. The Bertz CT molecular complexity index is 304. The molecule has 0 radical (unpaired) electrons. The summed E-state index contributed by atoms with van der Waals surface area (Å²) < 4.78 is 1.21. The van der Waals surface area contributed by atoms with Crippen molar-refractivity contribution < 1.29 is 0 Å². The fourth-order valence-corrected chi connectivity index (χ4v) is 3.08. The molecular formula is C10H12ClIN2. The van der Waals surface area contributed by atoms with E-state index in [2.05, 4.69) is 32.9 Å². The van der Waals surface area contributed by atoms with E-state index in [1.807, 2.05) is 6.07 Å². The molecule has 0 spiro atoms. The molecule has 1 aliphatic heterocycles. The quantitative estimate of drug-likeness (QED) is 0.634. The van der Waals surface area contributed by atoms with E-state index in [0.29, 0.717) is 11.2 Å². The fourth-order valence-electron chi connectivity index (χ4n) is 1.83. The zero-order valence-electron chi connectivity index (χ0n) is 7.76. The highest BCUT2D eigenvalue weighted by Crippen LogP contribution is 2.30. The van der Waals surface area contributed by atoms with Crippen LogP contribution >= 0.6 is 34.2 Å². The summed E-state index contributed by atoms with van der Waals surface area (Å²) in [4.78, 5) is 4.14. The van der Waals surface area contributed by atoms with Crippen molar-refractivity contribution in [1.29, 1.82) is 0 Å². The van der Waals surface area contributed by atoms with Gasteiger partial charge >= 0.3 is 0 Å². The molecule has 1 atom stereocenters. The Morgan fingerprint density at radius 1 is 1.50 bits per heavy atom.